The second-order valence-corrected chi connectivity index (χ2v) is 4.05. The van der Waals surface area contributed by atoms with Gasteiger partial charge in [0.2, 0.25) is 0 Å². The Morgan fingerprint density at radius 3 is 2.89 bits per heavy atom. The van der Waals surface area contributed by atoms with Crippen LogP contribution >= 0.6 is 15.9 Å². The fourth-order valence-corrected chi connectivity index (χ4v) is 1.83. The van der Waals surface area contributed by atoms with E-state index in [2.05, 4.69) is 21.9 Å². The van der Waals surface area contributed by atoms with E-state index in [1.54, 1.807) is 12.1 Å². The third kappa shape index (κ3) is 3.82. The molecule has 0 aliphatic rings. The predicted molar refractivity (Wildman–Crippen MR) is 71.7 cm³/mol. The van der Waals surface area contributed by atoms with E-state index in [9.17, 15) is 4.79 Å². The fourth-order valence-electron chi connectivity index (χ4n) is 1.26. The number of rotatable bonds is 5. The van der Waals surface area contributed by atoms with E-state index in [1.807, 2.05) is 0 Å². The van der Waals surface area contributed by atoms with Gasteiger partial charge in [-0.15, -0.1) is 6.42 Å². The lowest BCUT2D eigenvalue weighted by molar-refractivity contribution is -0.131. The molecule has 5 heteroatoms. The smallest absolute Gasteiger partial charge is 0.328 e. The Labute approximate surface area is 113 Å². The number of hydrogen-bond donors (Lipinski definition) is 1. The van der Waals surface area contributed by atoms with Gasteiger partial charge in [-0.3, -0.25) is 0 Å². The van der Waals surface area contributed by atoms with Crippen molar-refractivity contribution in [1.29, 1.82) is 0 Å². The minimum atomic E-state index is -1.02. The average Bonchev–Trinajstić information content (AvgIpc) is 2.34. The fraction of sp³-hybridized carbons (Fsp3) is 0.154. The van der Waals surface area contributed by atoms with Gasteiger partial charge in [-0.05, 0) is 39.7 Å². The lowest BCUT2D eigenvalue weighted by Crippen LogP contribution is -1.98. The van der Waals surface area contributed by atoms with Crippen molar-refractivity contribution in [1.82, 2.24) is 0 Å². The maximum absolute atomic E-state index is 10.4. The molecule has 0 unspecified atom stereocenters. The zero-order valence-electron chi connectivity index (χ0n) is 9.64. The minimum Gasteiger partial charge on any atom is -0.493 e. The maximum atomic E-state index is 10.4. The molecule has 0 aliphatic heterocycles. The van der Waals surface area contributed by atoms with Crippen LogP contribution in [0.4, 0.5) is 0 Å². The third-order valence-corrected chi connectivity index (χ3v) is 2.56. The van der Waals surface area contributed by atoms with E-state index in [0.717, 1.165) is 6.08 Å². The SMILES string of the molecule is C#CCOc1c(Br)cc(/C=C/C(=O)O)cc1OC. The van der Waals surface area contributed by atoms with Gasteiger partial charge in [0.1, 0.15) is 6.61 Å². The zero-order chi connectivity index (χ0) is 13.5. The molecule has 1 N–H and O–H groups in total. The monoisotopic (exact) mass is 310 g/mol. The van der Waals surface area contributed by atoms with Gasteiger partial charge < -0.3 is 14.6 Å². The average molecular weight is 311 g/mol. The standard InChI is InChI=1S/C13H11BrO4/c1-3-6-18-13-10(14)7-9(4-5-12(15)16)8-11(13)17-2/h1,4-5,7-8H,6H2,2H3,(H,15,16)/b5-4+. The summed E-state index contributed by atoms with van der Waals surface area (Å²) in [6.07, 6.45) is 7.63. The Bertz CT molecular complexity index is 514. The van der Waals surface area contributed by atoms with E-state index in [4.69, 9.17) is 21.0 Å². The van der Waals surface area contributed by atoms with Gasteiger partial charge in [0.25, 0.3) is 0 Å². The summed E-state index contributed by atoms with van der Waals surface area (Å²) < 4.78 is 11.1. The van der Waals surface area contributed by atoms with E-state index >= 15 is 0 Å². The van der Waals surface area contributed by atoms with Gasteiger partial charge in [-0.25, -0.2) is 4.79 Å². The Kier molecular flexibility index (Phi) is 5.28. The minimum absolute atomic E-state index is 0.124. The van der Waals surface area contributed by atoms with E-state index in [-0.39, 0.29) is 6.61 Å². The van der Waals surface area contributed by atoms with Crippen LogP contribution in [0.25, 0.3) is 6.08 Å². The molecule has 1 aromatic carbocycles. The molecule has 0 bridgehead atoms. The normalized spacial score (nSPS) is 10.1. The van der Waals surface area contributed by atoms with Crippen LogP contribution < -0.4 is 9.47 Å². The molecule has 0 amide bonds. The van der Waals surface area contributed by atoms with Crippen LogP contribution in [0.2, 0.25) is 0 Å². The topological polar surface area (TPSA) is 55.8 Å². The quantitative estimate of drug-likeness (QED) is 0.671. The second-order valence-electron chi connectivity index (χ2n) is 3.20. The van der Waals surface area contributed by atoms with E-state index in [0.29, 0.717) is 21.5 Å². The first-order valence-electron chi connectivity index (χ1n) is 4.93. The van der Waals surface area contributed by atoms with Gasteiger partial charge in [-0.1, -0.05) is 5.92 Å². The summed E-state index contributed by atoms with van der Waals surface area (Å²) in [4.78, 5) is 10.4. The molecule has 18 heavy (non-hydrogen) atoms. The first-order chi connectivity index (χ1) is 8.58. The number of ether oxygens (including phenoxy) is 2. The van der Waals surface area contributed by atoms with Gasteiger partial charge >= 0.3 is 5.97 Å². The lowest BCUT2D eigenvalue weighted by atomic mass is 10.2. The first kappa shape index (κ1) is 14.1. The zero-order valence-corrected chi connectivity index (χ0v) is 11.2. The van der Waals surface area contributed by atoms with Crippen molar-refractivity contribution in [3.05, 3.63) is 28.2 Å². The summed E-state index contributed by atoms with van der Waals surface area (Å²) in [7, 11) is 1.50. The van der Waals surface area contributed by atoms with Crippen LogP contribution in [-0.4, -0.2) is 24.8 Å². The number of halogens is 1. The van der Waals surface area contributed by atoms with Crippen LogP contribution in [-0.2, 0) is 4.79 Å². The second kappa shape index (κ2) is 6.72. The van der Waals surface area contributed by atoms with Crippen LogP contribution in [0.15, 0.2) is 22.7 Å². The highest BCUT2D eigenvalue weighted by Crippen LogP contribution is 2.36. The van der Waals surface area contributed by atoms with Crippen LogP contribution in [0.1, 0.15) is 5.56 Å². The van der Waals surface area contributed by atoms with Crippen LogP contribution in [0.5, 0.6) is 11.5 Å². The largest absolute Gasteiger partial charge is 0.493 e. The number of benzene rings is 1. The van der Waals surface area contributed by atoms with E-state index in [1.165, 1.54) is 13.2 Å². The highest BCUT2D eigenvalue weighted by molar-refractivity contribution is 9.10. The van der Waals surface area contributed by atoms with Gasteiger partial charge in [-0.2, -0.15) is 0 Å². The predicted octanol–water partition coefficient (Wildman–Crippen LogP) is 2.57. The lowest BCUT2D eigenvalue weighted by Gasteiger charge is -2.11. The molecule has 0 aliphatic carbocycles. The number of carbonyl (C=O) groups is 1. The molecule has 0 atom stereocenters. The van der Waals surface area contributed by atoms with Crippen LogP contribution in [0, 0.1) is 12.3 Å². The van der Waals surface area contributed by atoms with Crippen molar-refractivity contribution in [3.8, 4) is 23.8 Å². The number of hydrogen-bond acceptors (Lipinski definition) is 3. The molecule has 0 saturated heterocycles. The summed E-state index contributed by atoms with van der Waals surface area (Å²) in [5, 5.41) is 8.56. The molecule has 0 fully saturated rings. The summed E-state index contributed by atoms with van der Waals surface area (Å²) in [5.41, 5.74) is 0.675. The molecule has 0 spiro atoms. The highest BCUT2D eigenvalue weighted by Gasteiger charge is 2.10. The third-order valence-electron chi connectivity index (χ3n) is 1.97. The van der Waals surface area contributed by atoms with Gasteiger partial charge in [0.15, 0.2) is 11.5 Å². The molecule has 1 aromatic rings. The first-order valence-corrected chi connectivity index (χ1v) is 5.72. The Morgan fingerprint density at radius 2 is 2.33 bits per heavy atom. The van der Waals surface area contributed by atoms with Crippen molar-refractivity contribution < 1.29 is 19.4 Å². The molecule has 0 aromatic heterocycles. The molecule has 0 radical (unpaired) electrons. The van der Waals surface area contributed by atoms with Crippen molar-refractivity contribution in [2.45, 2.75) is 0 Å². The highest BCUT2D eigenvalue weighted by atomic mass is 79.9. The van der Waals surface area contributed by atoms with E-state index < -0.39 is 5.97 Å². The Morgan fingerprint density at radius 1 is 1.61 bits per heavy atom. The Balaban J connectivity index is 3.10. The summed E-state index contributed by atoms with van der Waals surface area (Å²) in [6.45, 7) is 0.124. The van der Waals surface area contributed by atoms with Crippen molar-refractivity contribution in [2.75, 3.05) is 13.7 Å². The summed E-state index contributed by atoms with van der Waals surface area (Å²) >= 11 is 3.32. The molecule has 4 nitrogen and oxygen atoms in total. The maximum Gasteiger partial charge on any atom is 0.328 e. The van der Waals surface area contributed by atoms with Crippen molar-refractivity contribution in [3.63, 3.8) is 0 Å². The van der Waals surface area contributed by atoms with Gasteiger partial charge in [0.05, 0.1) is 11.6 Å². The molecular formula is C13H11BrO4. The molecule has 1 rings (SSSR count). The molecular weight excluding hydrogens is 300 g/mol. The number of carboxylic acid groups (broad SMARTS) is 1. The summed E-state index contributed by atoms with van der Waals surface area (Å²) in [5.74, 6) is 2.31. The molecule has 0 heterocycles. The van der Waals surface area contributed by atoms with Crippen LogP contribution in [0.3, 0.4) is 0 Å². The van der Waals surface area contributed by atoms with Crippen molar-refractivity contribution >= 4 is 28.0 Å². The number of terminal acetylenes is 1. The summed E-state index contributed by atoms with van der Waals surface area (Å²) in [6, 6.07) is 3.38. The van der Waals surface area contributed by atoms with Crippen molar-refractivity contribution in [2.24, 2.45) is 0 Å². The Hall–Kier alpha value is -1.93. The number of aliphatic carboxylic acids is 1. The molecule has 94 valence electrons. The molecule has 0 saturated carbocycles. The van der Waals surface area contributed by atoms with Gasteiger partial charge in [0, 0.05) is 6.08 Å². The number of carboxylic acids is 1. The number of methoxy groups -OCH3 is 1.